The summed E-state index contributed by atoms with van der Waals surface area (Å²) in [6, 6.07) is 15.4. The normalized spacial score (nSPS) is 18.0. The van der Waals surface area contributed by atoms with Gasteiger partial charge in [0.2, 0.25) is 11.8 Å². The molecule has 0 spiro atoms. The van der Waals surface area contributed by atoms with Gasteiger partial charge in [0.25, 0.3) is 5.91 Å². The molecule has 1 fully saturated rings. The van der Waals surface area contributed by atoms with Crippen LogP contribution >= 0.6 is 0 Å². The predicted octanol–water partition coefficient (Wildman–Crippen LogP) is 4.17. The molecule has 0 bridgehead atoms. The summed E-state index contributed by atoms with van der Waals surface area (Å²) in [5.41, 5.74) is 1.37. The number of carbonyl (C=O) groups excluding carboxylic acids is 3. The number of likely N-dealkylation sites (tertiary alicyclic amines) is 1. The molecule has 0 radical (unpaired) electrons. The van der Waals surface area contributed by atoms with Gasteiger partial charge in [0.1, 0.15) is 23.6 Å². The Morgan fingerprint density at radius 1 is 1.19 bits per heavy atom. The van der Waals surface area contributed by atoms with E-state index in [1.807, 2.05) is 32.0 Å². The number of aromatic nitrogens is 1. The minimum atomic E-state index is -0.831. The number of benzene rings is 2. The number of carbonyl (C=O) groups is 3. The number of anilines is 1. The number of para-hydroxylation sites is 1. The molecule has 3 unspecified atom stereocenters. The molecule has 0 saturated carbocycles. The second-order valence-electron chi connectivity index (χ2n) is 9.90. The van der Waals surface area contributed by atoms with Crippen molar-refractivity contribution >= 4 is 34.3 Å². The Morgan fingerprint density at radius 3 is 2.59 bits per heavy atom. The van der Waals surface area contributed by atoms with Crippen LogP contribution in [0.3, 0.4) is 0 Å². The van der Waals surface area contributed by atoms with E-state index in [2.05, 4.69) is 16.4 Å². The SMILES string of the molecule is CC(C)CC(C(=O)N1CC(C(=O)Nc2ccccc2)CC1C#N)N(C)C(=O)c1cc2ccc(F)cc2[nH]1. The van der Waals surface area contributed by atoms with Crippen LogP contribution in [0.2, 0.25) is 0 Å². The molecule has 1 saturated heterocycles. The Bertz CT molecular complexity index is 1350. The quantitative estimate of drug-likeness (QED) is 0.504. The van der Waals surface area contributed by atoms with Crippen molar-refractivity contribution in [2.24, 2.45) is 11.8 Å². The predicted molar refractivity (Wildman–Crippen MR) is 138 cm³/mol. The van der Waals surface area contributed by atoms with Crippen LogP contribution in [0.1, 0.15) is 37.2 Å². The number of nitrogens with zero attached hydrogens (tertiary/aromatic N) is 3. The van der Waals surface area contributed by atoms with Gasteiger partial charge in [-0.3, -0.25) is 14.4 Å². The fraction of sp³-hybridized carbons (Fsp3) is 0.357. The van der Waals surface area contributed by atoms with Gasteiger partial charge in [-0.05, 0) is 55.2 Å². The van der Waals surface area contributed by atoms with E-state index in [4.69, 9.17) is 0 Å². The molecule has 1 aromatic heterocycles. The van der Waals surface area contributed by atoms with Crippen molar-refractivity contribution in [2.45, 2.75) is 38.8 Å². The first-order valence-corrected chi connectivity index (χ1v) is 12.3. The van der Waals surface area contributed by atoms with Gasteiger partial charge in [-0.1, -0.05) is 32.0 Å². The first-order valence-electron chi connectivity index (χ1n) is 12.3. The standard InChI is InChI=1S/C28H30FN5O3/c1-17(2)11-25(33(3)27(36)24-13-18-9-10-20(29)14-23(18)32-24)28(37)34-16-19(12-22(34)15-30)26(35)31-21-7-5-4-6-8-21/h4-10,13-14,17,19,22,25,32H,11-12,16H2,1-3H3,(H,31,35). The number of H-pyrrole nitrogens is 1. The van der Waals surface area contributed by atoms with E-state index in [1.165, 1.54) is 21.9 Å². The number of likely N-dealkylation sites (N-methyl/N-ethyl adjacent to an activating group) is 1. The number of aromatic amines is 1. The molecule has 3 atom stereocenters. The van der Waals surface area contributed by atoms with Gasteiger partial charge in [-0.2, -0.15) is 5.26 Å². The number of fused-ring (bicyclic) bond motifs is 1. The van der Waals surface area contributed by atoms with E-state index in [1.54, 1.807) is 31.3 Å². The highest BCUT2D eigenvalue weighted by molar-refractivity contribution is 6.00. The Morgan fingerprint density at radius 2 is 1.92 bits per heavy atom. The van der Waals surface area contributed by atoms with Crippen LogP contribution in [0.5, 0.6) is 0 Å². The maximum atomic E-state index is 13.8. The van der Waals surface area contributed by atoms with Crippen LogP contribution in [0.25, 0.3) is 10.9 Å². The molecule has 2 heterocycles. The Labute approximate surface area is 215 Å². The van der Waals surface area contributed by atoms with Gasteiger partial charge >= 0.3 is 0 Å². The molecule has 2 aromatic carbocycles. The summed E-state index contributed by atoms with van der Waals surface area (Å²) in [6.07, 6.45) is 0.603. The highest BCUT2D eigenvalue weighted by Crippen LogP contribution is 2.28. The molecule has 9 heteroatoms. The molecule has 8 nitrogen and oxygen atoms in total. The zero-order valence-corrected chi connectivity index (χ0v) is 21.1. The molecular formula is C28H30FN5O3. The van der Waals surface area contributed by atoms with Gasteiger partial charge in [0, 0.05) is 30.2 Å². The van der Waals surface area contributed by atoms with E-state index in [-0.39, 0.29) is 36.4 Å². The van der Waals surface area contributed by atoms with Gasteiger partial charge in [0.05, 0.1) is 12.0 Å². The van der Waals surface area contributed by atoms with Gasteiger partial charge in [-0.15, -0.1) is 0 Å². The molecule has 192 valence electrons. The van der Waals surface area contributed by atoms with Crippen LogP contribution in [-0.4, -0.2) is 58.2 Å². The third-order valence-corrected chi connectivity index (χ3v) is 6.73. The summed E-state index contributed by atoms with van der Waals surface area (Å²) in [5, 5.41) is 13.3. The van der Waals surface area contributed by atoms with Crippen LogP contribution in [0, 0.1) is 29.0 Å². The van der Waals surface area contributed by atoms with Crippen molar-refractivity contribution < 1.29 is 18.8 Å². The zero-order valence-electron chi connectivity index (χ0n) is 21.1. The lowest BCUT2D eigenvalue weighted by Crippen LogP contribution is -2.51. The van der Waals surface area contributed by atoms with Crippen molar-refractivity contribution in [2.75, 3.05) is 18.9 Å². The lowest BCUT2D eigenvalue weighted by atomic mass is 10.0. The number of hydrogen-bond acceptors (Lipinski definition) is 4. The second kappa shape index (κ2) is 10.8. The topological polar surface area (TPSA) is 109 Å². The number of halogens is 1. The maximum absolute atomic E-state index is 13.8. The van der Waals surface area contributed by atoms with Crippen molar-refractivity contribution in [3.8, 4) is 6.07 Å². The largest absolute Gasteiger partial charge is 0.350 e. The number of rotatable bonds is 7. The number of nitrogens with one attached hydrogen (secondary N) is 2. The highest BCUT2D eigenvalue weighted by Gasteiger charge is 2.42. The molecule has 3 aromatic rings. The molecule has 2 N–H and O–H groups in total. The Balaban J connectivity index is 1.53. The minimum Gasteiger partial charge on any atom is -0.350 e. The fourth-order valence-corrected chi connectivity index (χ4v) is 4.77. The van der Waals surface area contributed by atoms with E-state index in [9.17, 15) is 24.0 Å². The smallest absolute Gasteiger partial charge is 0.270 e. The molecule has 4 rings (SSSR count). The van der Waals surface area contributed by atoms with Crippen molar-refractivity contribution in [1.29, 1.82) is 5.26 Å². The molecule has 1 aliphatic heterocycles. The summed E-state index contributed by atoms with van der Waals surface area (Å²) in [5.74, 6) is -1.91. The lowest BCUT2D eigenvalue weighted by Gasteiger charge is -2.32. The first-order chi connectivity index (χ1) is 17.7. The molecule has 1 aliphatic rings. The van der Waals surface area contributed by atoms with E-state index >= 15 is 0 Å². The summed E-state index contributed by atoms with van der Waals surface area (Å²) < 4.78 is 13.6. The van der Waals surface area contributed by atoms with Gasteiger partial charge < -0.3 is 20.1 Å². The number of amides is 3. The van der Waals surface area contributed by atoms with E-state index in [0.29, 0.717) is 23.0 Å². The van der Waals surface area contributed by atoms with Crippen molar-refractivity contribution in [3.63, 3.8) is 0 Å². The average Bonchev–Trinajstić information content (AvgIpc) is 3.50. The van der Waals surface area contributed by atoms with E-state index in [0.717, 1.165) is 0 Å². The summed E-state index contributed by atoms with van der Waals surface area (Å²) in [7, 11) is 1.55. The van der Waals surface area contributed by atoms with Gasteiger partial charge in [0.15, 0.2) is 0 Å². The maximum Gasteiger partial charge on any atom is 0.270 e. The number of hydrogen-bond donors (Lipinski definition) is 2. The summed E-state index contributed by atoms with van der Waals surface area (Å²) in [4.78, 5) is 45.7. The van der Waals surface area contributed by atoms with Crippen molar-refractivity contribution in [1.82, 2.24) is 14.8 Å². The van der Waals surface area contributed by atoms with Crippen LogP contribution < -0.4 is 5.32 Å². The van der Waals surface area contributed by atoms with Gasteiger partial charge in [-0.25, -0.2) is 4.39 Å². The van der Waals surface area contributed by atoms with Crippen molar-refractivity contribution in [3.05, 3.63) is 66.1 Å². The van der Waals surface area contributed by atoms with Crippen LogP contribution in [0.4, 0.5) is 10.1 Å². The average molecular weight is 504 g/mol. The van der Waals surface area contributed by atoms with Crippen LogP contribution in [-0.2, 0) is 9.59 Å². The second-order valence-corrected chi connectivity index (χ2v) is 9.90. The molecular weight excluding hydrogens is 473 g/mol. The Kier molecular flexibility index (Phi) is 7.58. The highest BCUT2D eigenvalue weighted by atomic mass is 19.1. The third-order valence-electron chi connectivity index (χ3n) is 6.73. The summed E-state index contributed by atoms with van der Waals surface area (Å²) in [6.45, 7) is 4.00. The Hall–Kier alpha value is -4.19. The number of nitriles is 1. The zero-order chi connectivity index (χ0) is 26.7. The molecule has 3 amide bonds. The monoisotopic (exact) mass is 503 g/mol. The summed E-state index contributed by atoms with van der Waals surface area (Å²) >= 11 is 0. The minimum absolute atomic E-state index is 0.0846. The lowest BCUT2D eigenvalue weighted by molar-refractivity contribution is -0.136. The fourth-order valence-electron chi connectivity index (χ4n) is 4.77. The molecule has 0 aliphatic carbocycles. The van der Waals surface area contributed by atoms with Crippen LogP contribution in [0.15, 0.2) is 54.6 Å². The first kappa shape index (κ1) is 25.9. The van der Waals surface area contributed by atoms with E-state index < -0.39 is 29.7 Å². The third kappa shape index (κ3) is 5.64. The molecule has 37 heavy (non-hydrogen) atoms.